The zero-order chi connectivity index (χ0) is 23.5. The minimum Gasteiger partial charge on any atom is -0.469 e. The van der Waals surface area contributed by atoms with Gasteiger partial charge in [0, 0.05) is 6.42 Å². The summed E-state index contributed by atoms with van der Waals surface area (Å²) in [5.74, 6) is -1.02. The number of ether oxygens (including phenoxy) is 2. The van der Waals surface area contributed by atoms with Crippen LogP contribution in [0.4, 0.5) is 0 Å². The average molecular weight is 436 g/mol. The Balaban J connectivity index is 0.000000237. The van der Waals surface area contributed by atoms with Crippen LogP contribution >= 0.6 is 0 Å². The van der Waals surface area contributed by atoms with Gasteiger partial charge in [0.15, 0.2) is 0 Å². The molecule has 0 aliphatic rings. The lowest BCUT2D eigenvalue weighted by Gasteiger charge is -2.12. The van der Waals surface area contributed by atoms with Crippen molar-refractivity contribution in [2.45, 2.75) is 32.7 Å². The van der Waals surface area contributed by atoms with Crippen molar-refractivity contribution in [2.75, 3.05) is 14.2 Å². The van der Waals surface area contributed by atoms with E-state index in [1.165, 1.54) is 47.2 Å². The first kappa shape index (κ1) is 24.6. The number of methoxy groups -OCH3 is 2. The molecule has 0 aliphatic carbocycles. The fraction of sp³-hybridized carbons (Fsp3) is 0.269. The van der Waals surface area contributed by atoms with Gasteiger partial charge in [-0.25, -0.2) is 4.79 Å². The van der Waals surface area contributed by atoms with Gasteiger partial charge in [-0.05, 0) is 47.7 Å². The van der Waals surface area contributed by atoms with E-state index in [1.807, 2.05) is 0 Å². The van der Waals surface area contributed by atoms with Crippen LogP contribution in [0.25, 0.3) is 21.9 Å². The minimum absolute atomic E-state index is 0.0527. The van der Waals surface area contributed by atoms with E-state index in [0.717, 1.165) is 0 Å². The lowest BCUT2D eigenvalue weighted by atomic mass is 9.94. The molecular formula is C26H29NO5. The van der Waals surface area contributed by atoms with Crippen molar-refractivity contribution < 1.29 is 23.9 Å². The molecular weight excluding hydrogens is 406 g/mol. The van der Waals surface area contributed by atoms with Crippen molar-refractivity contribution in [3.63, 3.8) is 0 Å². The first-order valence-electron chi connectivity index (χ1n) is 10.3. The Morgan fingerprint density at radius 3 is 2.34 bits per heavy atom. The summed E-state index contributed by atoms with van der Waals surface area (Å²) in [6, 6.07) is 20.9. The zero-order valence-corrected chi connectivity index (χ0v) is 18.9. The van der Waals surface area contributed by atoms with E-state index < -0.39 is 18.0 Å². The summed E-state index contributed by atoms with van der Waals surface area (Å²) in [6.07, 6.45) is 0.605. The maximum Gasteiger partial charge on any atom is 0.328 e. The van der Waals surface area contributed by atoms with Gasteiger partial charge in [0.1, 0.15) is 6.04 Å². The molecule has 3 aromatic carbocycles. The molecule has 6 heteroatoms. The molecule has 0 saturated carbocycles. The third kappa shape index (κ3) is 6.67. The number of hydrogen-bond donors (Lipinski definition) is 1. The predicted octanol–water partition coefficient (Wildman–Crippen LogP) is 4.35. The molecule has 32 heavy (non-hydrogen) atoms. The molecule has 0 unspecified atom stereocenters. The van der Waals surface area contributed by atoms with Crippen molar-refractivity contribution in [1.29, 1.82) is 0 Å². The van der Waals surface area contributed by atoms with E-state index in [9.17, 15) is 14.4 Å². The van der Waals surface area contributed by atoms with Crippen LogP contribution in [0.3, 0.4) is 0 Å². The van der Waals surface area contributed by atoms with Crippen LogP contribution in [0.5, 0.6) is 0 Å². The van der Waals surface area contributed by atoms with Crippen LogP contribution in [0.1, 0.15) is 24.0 Å². The Labute approximate surface area is 188 Å². The number of hydrogen-bond acceptors (Lipinski definition) is 5. The van der Waals surface area contributed by atoms with E-state index in [1.54, 1.807) is 0 Å². The molecule has 168 valence electrons. The normalized spacial score (nSPS) is 11.0. The van der Waals surface area contributed by atoms with Crippen molar-refractivity contribution in [1.82, 2.24) is 5.32 Å². The number of amides is 1. The molecule has 1 N–H and O–H groups in total. The monoisotopic (exact) mass is 435 g/mol. The summed E-state index contributed by atoms with van der Waals surface area (Å²) in [4.78, 5) is 31.9. The highest BCUT2D eigenvalue weighted by molar-refractivity contribution is 5.97. The smallest absolute Gasteiger partial charge is 0.328 e. The number of benzene rings is 3. The Bertz CT molecular complexity index is 1070. The molecule has 0 aliphatic heterocycles. The number of fused-ring (bicyclic) bond motifs is 1. The van der Waals surface area contributed by atoms with Crippen molar-refractivity contribution in [3.05, 3.63) is 71.8 Å². The van der Waals surface area contributed by atoms with Gasteiger partial charge < -0.3 is 14.8 Å². The summed E-state index contributed by atoms with van der Waals surface area (Å²) in [5.41, 5.74) is 5.31. The van der Waals surface area contributed by atoms with Crippen molar-refractivity contribution in [2.24, 2.45) is 0 Å². The zero-order valence-electron chi connectivity index (χ0n) is 18.9. The molecule has 6 nitrogen and oxygen atoms in total. The highest BCUT2D eigenvalue weighted by atomic mass is 16.5. The number of carbonyl (C=O) groups is 3. The highest BCUT2D eigenvalue weighted by Crippen LogP contribution is 2.31. The van der Waals surface area contributed by atoms with Gasteiger partial charge in [-0.2, -0.15) is 0 Å². The number of rotatable bonds is 7. The van der Waals surface area contributed by atoms with Gasteiger partial charge in [0.2, 0.25) is 6.41 Å². The Hall–Kier alpha value is -3.67. The maximum atomic E-state index is 11.0. The summed E-state index contributed by atoms with van der Waals surface area (Å²) >= 11 is 0. The van der Waals surface area contributed by atoms with Gasteiger partial charge >= 0.3 is 11.9 Å². The number of aryl methyl sites for hydroxylation is 2. The highest BCUT2D eigenvalue weighted by Gasteiger charge is 2.19. The largest absolute Gasteiger partial charge is 0.469 e. The molecule has 0 bridgehead atoms. The quantitative estimate of drug-likeness (QED) is 0.441. The molecule has 0 heterocycles. The first-order chi connectivity index (χ1) is 15.4. The van der Waals surface area contributed by atoms with Crippen LogP contribution in [-0.4, -0.2) is 38.6 Å². The summed E-state index contributed by atoms with van der Waals surface area (Å²) in [6.45, 7) is 4.32. The van der Waals surface area contributed by atoms with Gasteiger partial charge in [0.25, 0.3) is 0 Å². The Morgan fingerprint density at radius 2 is 1.66 bits per heavy atom. The fourth-order valence-electron chi connectivity index (χ4n) is 3.34. The van der Waals surface area contributed by atoms with Gasteiger partial charge in [-0.3, -0.25) is 9.59 Å². The van der Waals surface area contributed by atoms with Gasteiger partial charge in [-0.1, -0.05) is 66.2 Å². The fourth-order valence-corrected chi connectivity index (χ4v) is 3.34. The second-order valence-electron chi connectivity index (χ2n) is 7.32. The third-order valence-corrected chi connectivity index (χ3v) is 5.09. The lowest BCUT2D eigenvalue weighted by molar-refractivity contribution is -0.145. The summed E-state index contributed by atoms with van der Waals surface area (Å²) in [5, 5.41) is 4.88. The first-order valence-corrected chi connectivity index (χ1v) is 10.3. The van der Waals surface area contributed by atoms with Crippen LogP contribution in [0.15, 0.2) is 60.7 Å². The van der Waals surface area contributed by atoms with E-state index >= 15 is 0 Å². The second kappa shape index (κ2) is 12.2. The standard InChI is InChI=1S/C18H16.C8H13NO5/c1-13-10-11-14(2)18(12-13)17-9-5-7-15-6-3-4-8-16(15)17;1-13-7(11)4-3-6(9-5-10)8(12)14-2/h3-12H,1-2H3;5-6H,3-4H2,1-2H3,(H,9,10)/t;6-/m.0/s1. The SMILES string of the molecule is COC(=O)CC[C@H](NC=O)C(=O)OC.Cc1ccc(C)c(-c2cccc3ccccc23)c1. The Morgan fingerprint density at radius 1 is 0.938 bits per heavy atom. The van der Waals surface area contributed by atoms with Crippen LogP contribution in [-0.2, 0) is 23.9 Å². The number of nitrogens with one attached hydrogen (secondary N) is 1. The molecule has 0 fully saturated rings. The predicted molar refractivity (Wildman–Crippen MR) is 125 cm³/mol. The summed E-state index contributed by atoms with van der Waals surface area (Å²) < 4.78 is 8.80. The van der Waals surface area contributed by atoms with Crippen LogP contribution < -0.4 is 5.32 Å². The molecule has 0 spiro atoms. The molecule has 0 saturated heterocycles. The van der Waals surface area contributed by atoms with E-state index in [0.29, 0.717) is 6.41 Å². The number of esters is 2. The number of carbonyl (C=O) groups excluding carboxylic acids is 3. The third-order valence-electron chi connectivity index (χ3n) is 5.09. The molecule has 1 atom stereocenters. The maximum absolute atomic E-state index is 11.0. The summed E-state index contributed by atoms with van der Waals surface area (Å²) in [7, 11) is 2.46. The van der Waals surface area contributed by atoms with Gasteiger partial charge in [-0.15, -0.1) is 0 Å². The van der Waals surface area contributed by atoms with Gasteiger partial charge in [0.05, 0.1) is 14.2 Å². The molecule has 0 aromatic heterocycles. The van der Waals surface area contributed by atoms with E-state index in [2.05, 4.69) is 89.3 Å². The molecule has 3 aromatic rings. The molecule has 1 amide bonds. The Kier molecular flexibility index (Phi) is 9.42. The lowest BCUT2D eigenvalue weighted by Crippen LogP contribution is -2.37. The van der Waals surface area contributed by atoms with E-state index in [-0.39, 0.29) is 12.8 Å². The van der Waals surface area contributed by atoms with Crippen LogP contribution in [0, 0.1) is 13.8 Å². The topological polar surface area (TPSA) is 81.7 Å². The van der Waals surface area contributed by atoms with E-state index in [4.69, 9.17) is 0 Å². The molecule has 0 radical (unpaired) electrons. The molecule has 3 rings (SSSR count). The van der Waals surface area contributed by atoms with Crippen LogP contribution in [0.2, 0.25) is 0 Å². The minimum atomic E-state index is -0.795. The van der Waals surface area contributed by atoms with Crippen molar-refractivity contribution >= 4 is 29.1 Å². The van der Waals surface area contributed by atoms with Crippen molar-refractivity contribution in [3.8, 4) is 11.1 Å². The average Bonchev–Trinajstić information content (AvgIpc) is 2.82. The second-order valence-corrected chi connectivity index (χ2v) is 7.32.